The summed E-state index contributed by atoms with van der Waals surface area (Å²) < 4.78 is 5.02. The van der Waals surface area contributed by atoms with E-state index in [0.717, 1.165) is 32.1 Å². The Morgan fingerprint density at radius 2 is 2.00 bits per heavy atom. The third kappa shape index (κ3) is 7.84. The van der Waals surface area contributed by atoms with E-state index in [1.807, 2.05) is 6.08 Å². The number of unbranched alkanes of at least 4 members (excludes halogenated alkanes) is 3. The number of rotatable bonds is 10. The van der Waals surface area contributed by atoms with E-state index in [4.69, 9.17) is 4.74 Å². The maximum absolute atomic E-state index is 10.2. The molecule has 2 nitrogen and oxygen atoms in total. The van der Waals surface area contributed by atoms with Gasteiger partial charge in [-0.1, -0.05) is 25.8 Å². The van der Waals surface area contributed by atoms with Crippen LogP contribution in [0.4, 0.5) is 0 Å². The molecule has 0 spiro atoms. The van der Waals surface area contributed by atoms with Crippen molar-refractivity contribution in [1.29, 1.82) is 0 Å². The predicted molar refractivity (Wildman–Crippen MR) is 59.1 cm³/mol. The largest absolute Gasteiger partial charge is 0.465 e. The van der Waals surface area contributed by atoms with Crippen molar-refractivity contribution in [3.8, 4) is 0 Å². The second-order valence-electron chi connectivity index (χ2n) is 3.57. The van der Waals surface area contributed by atoms with E-state index in [0.29, 0.717) is 6.47 Å². The van der Waals surface area contributed by atoms with Crippen LogP contribution in [-0.4, -0.2) is 12.6 Å². The van der Waals surface area contributed by atoms with Gasteiger partial charge >= 0.3 is 0 Å². The average molecular weight is 198 g/mol. The lowest BCUT2D eigenvalue weighted by atomic mass is 10.1. The molecule has 0 bridgehead atoms. The minimum Gasteiger partial charge on any atom is -0.465 e. The first-order valence-electron chi connectivity index (χ1n) is 5.55. The van der Waals surface area contributed by atoms with Crippen molar-refractivity contribution in [2.45, 2.75) is 58.0 Å². The van der Waals surface area contributed by atoms with E-state index in [-0.39, 0.29) is 6.10 Å². The zero-order valence-corrected chi connectivity index (χ0v) is 9.21. The predicted octanol–water partition coefficient (Wildman–Crippen LogP) is 3.46. The molecule has 0 N–H and O–H groups in total. The lowest BCUT2D eigenvalue weighted by molar-refractivity contribution is -0.134. The smallest absolute Gasteiger partial charge is 0.293 e. The molecule has 1 unspecified atom stereocenters. The minimum atomic E-state index is 0.124. The topological polar surface area (TPSA) is 26.3 Å². The fraction of sp³-hybridized carbons (Fsp3) is 0.750. The summed E-state index contributed by atoms with van der Waals surface area (Å²) in [4.78, 5) is 10.2. The molecule has 0 aromatic carbocycles. The number of carbonyl (C=O) groups is 1. The molecule has 0 aliphatic heterocycles. The van der Waals surface area contributed by atoms with Crippen LogP contribution in [0.15, 0.2) is 12.7 Å². The Kier molecular flexibility index (Phi) is 9.71. The molecule has 0 saturated carbocycles. The summed E-state index contributed by atoms with van der Waals surface area (Å²) in [5.74, 6) is 0. The molecular weight excluding hydrogens is 176 g/mol. The van der Waals surface area contributed by atoms with Crippen molar-refractivity contribution in [3.05, 3.63) is 12.7 Å². The van der Waals surface area contributed by atoms with Crippen molar-refractivity contribution in [2.75, 3.05) is 0 Å². The second kappa shape index (κ2) is 10.3. The van der Waals surface area contributed by atoms with Gasteiger partial charge in [0.2, 0.25) is 0 Å². The first kappa shape index (κ1) is 13.2. The van der Waals surface area contributed by atoms with Crippen LogP contribution < -0.4 is 0 Å². The van der Waals surface area contributed by atoms with E-state index < -0.39 is 0 Å². The molecule has 0 aliphatic rings. The van der Waals surface area contributed by atoms with Crippen LogP contribution in [0.5, 0.6) is 0 Å². The highest BCUT2D eigenvalue weighted by Crippen LogP contribution is 2.12. The van der Waals surface area contributed by atoms with Gasteiger partial charge < -0.3 is 4.74 Å². The van der Waals surface area contributed by atoms with Gasteiger partial charge in [-0.15, -0.1) is 6.58 Å². The van der Waals surface area contributed by atoms with Crippen LogP contribution in [0.3, 0.4) is 0 Å². The summed E-state index contributed by atoms with van der Waals surface area (Å²) in [6.07, 6.45) is 9.66. The third-order valence-electron chi connectivity index (χ3n) is 2.31. The van der Waals surface area contributed by atoms with E-state index >= 15 is 0 Å². The highest BCUT2D eigenvalue weighted by molar-refractivity contribution is 5.37. The van der Waals surface area contributed by atoms with E-state index in [1.54, 1.807) is 0 Å². The number of hydrogen-bond donors (Lipinski definition) is 0. The summed E-state index contributed by atoms with van der Waals surface area (Å²) >= 11 is 0. The molecule has 0 aromatic rings. The maximum atomic E-state index is 10.2. The molecule has 14 heavy (non-hydrogen) atoms. The van der Waals surface area contributed by atoms with Gasteiger partial charge in [0.15, 0.2) is 0 Å². The zero-order chi connectivity index (χ0) is 10.6. The average Bonchev–Trinajstić information content (AvgIpc) is 2.18. The van der Waals surface area contributed by atoms with Crippen LogP contribution in [0.25, 0.3) is 0 Å². The normalized spacial score (nSPS) is 12.1. The quantitative estimate of drug-likeness (QED) is 0.305. The Balaban J connectivity index is 3.53. The van der Waals surface area contributed by atoms with Gasteiger partial charge in [0.05, 0.1) is 0 Å². The molecule has 0 radical (unpaired) electrons. The molecule has 0 aromatic heterocycles. The van der Waals surface area contributed by atoms with Gasteiger partial charge in [-0.2, -0.15) is 0 Å². The highest BCUT2D eigenvalue weighted by atomic mass is 16.5. The summed E-state index contributed by atoms with van der Waals surface area (Å²) in [6.45, 7) is 6.42. The van der Waals surface area contributed by atoms with Crippen molar-refractivity contribution in [1.82, 2.24) is 0 Å². The monoisotopic (exact) mass is 198 g/mol. The summed E-state index contributed by atoms with van der Waals surface area (Å²) in [5, 5.41) is 0. The van der Waals surface area contributed by atoms with Crippen molar-refractivity contribution < 1.29 is 9.53 Å². The van der Waals surface area contributed by atoms with Crippen molar-refractivity contribution in [3.63, 3.8) is 0 Å². The summed E-state index contributed by atoms with van der Waals surface area (Å²) in [5.41, 5.74) is 0. The molecule has 2 heteroatoms. The van der Waals surface area contributed by atoms with Gasteiger partial charge in [-0.25, -0.2) is 0 Å². The van der Waals surface area contributed by atoms with Crippen LogP contribution >= 0.6 is 0 Å². The second-order valence-corrected chi connectivity index (χ2v) is 3.57. The molecule has 1 atom stereocenters. The first-order valence-corrected chi connectivity index (χ1v) is 5.55. The fourth-order valence-corrected chi connectivity index (χ4v) is 1.47. The Morgan fingerprint density at radius 1 is 1.29 bits per heavy atom. The Hall–Kier alpha value is -0.790. The van der Waals surface area contributed by atoms with E-state index in [2.05, 4.69) is 13.5 Å². The van der Waals surface area contributed by atoms with Gasteiger partial charge in [0.1, 0.15) is 6.10 Å². The molecule has 0 amide bonds. The summed E-state index contributed by atoms with van der Waals surface area (Å²) in [7, 11) is 0. The molecule has 0 rings (SSSR count). The molecule has 0 saturated heterocycles. The number of carbonyl (C=O) groups excluding carboxylic acids is 1. The highest BCUT2D eigenvalue weighted by Gasteiger charge is 2.07. The molecule has 0 aliphatic carbocycles. The SMILES string of the molecule is C=CCCCC(CCCCC)OC=O. The van der Waals surface area contributed by atoms with Gasteiger partial charge in [0.25, 0.3) is 6.47 Å². The molecule has 0 heterocycles. The van der Waals surface area contributed by atoms with Gasteiger partial charge in [-0.3, -0.25) is 4.79 Å². The first-order chi connectivity index (χ1) is 6.85. The standard InChI is InChI=1S/C12H22O2/c1-3-5-7-9-12(14-11-13)10-8-6-4-2/h3,11-12H,1,4-10H2,2H3. The van der Waals surface area contributed by atoms with E-state index in [9.17, 15) is 4.79 Å². The van der Waals surface area contributed by atoms with Crippen molar-refractivity contribution >= 4 is 6.47 Å². The molecular formula is C12H22O2. The Bertz CT molecular complexity index is 143. The molecule has 82 valence electrons. The number of hydrogen-bond acceptors (Lipinski definition) is 2. The zero-order valence-electron chi connectivity index (χ0n) is 9.21. The van der Waals surface area contributed by atoms with E-state index in [1.165, 1.54) is 12.8 Å². The van der Waals surface area contributed by atoms with Crippen LogP contribution in [0.2, 0.25) is 0 Å². The maximum Gasteiger partial charge on any atom is 0.293 e. The van der Waals surface area contributed by atoms with Crippen LogP contribution in [0, 0.1) is 0 Å². The minimum absolute atomic E-state index is 0.124. The molecule has 0 fully saturated rings. The number of allylic oxidation sites excluding steroid dienone is 1. The van der Waals surface area contributed by atoms with Gasteiger partial charge in [0, 0.05) is 0 Å². The fourth-order valence-electron chi connectivity index (χ4n) is 1.47. The van der Waals surface area contributed by atoms with Crippen molar-refractivity contribution in [2.24, 2.45) is 0 Å². The lowest BCUT2D eigenvalue weighted by Crippen LogP contribution is -2.11. The lowest BCUT2D eigenvalue weighted by Gasteiger charge is -2.14. The Labute approximate surface area is 87.3 Å². The number of ether oxygens (including phenoxy) is 1. The third-order valence-corrected chi connectivity index (χ3v) is 2.31. The van der Waals surface area contributed by atoms with Gasteiger partial charge in [-0.05, 0) is 32.1 Å². The van der Waals surface area contributed by atoms with Crippen LogP contribution in [0.1, 0.15) is 51.9 Å². The summed E-state index contributed by atoms with van der Waals surface area (Å²) in [6, 6.07) is 0. The Morgan fingerprint density at radius 3 is 2.57 bits per heavy atom. The van der Waals surface area contributed by atoms with Crippen LogP contribution in [-0.2, 0) is 9.53 Å².